The number of nitrogen functional groups attached to an aromatic ring is 1. The topological polar surface area (TPSA) is 78.9 Å². The van der Waals surface area contributed by atoms with Crippen LogP contribution in [0.15, 0.2) is 42.5 Å². The average Bonchev–Trinajstić information content (AvgIpc) is 2.48. The molecule has 0 spiro atoms. The minimum absolute atomic E-state index is 0.0866. The van der Waals surface area contributed by atoms with Gasteiger partial charge in [-0.15, -0.1) is 0 Å². The first-order chi connectivity index (χ1) is 10.1. The van der Waals surface area contributed by atoms with Crippen LogP contribution in [-0.2, 0) is 11.2 Å². The van der Waals surface area contributed by atoms with Gasteiger partial charge in [0.2, 0.25) is 5.91 Å². The van der Waals surface area contributed by atoms with Crippen molar-refractivity contribution in [1.82, 2.24) is 0 Å². The van der Waals surface area contributed by atoms with Gasteiger partial charge in [-0.3, -0.25) is 4.79 Å². The maximum absolute atomic E-state index is 12.0. The number of amides is 1. The van der Waals surface area contributed by atoms with E-state index in [4.69, 9.17) is 11.0 Å². The van der Waals surface area contributed by atoms with Crippen LogP contribution in [0.5, 0.6) is 0 Å². The van der Waals surface area contributed by atoms with E-state index in [0.717, 1.165) is 11.1 Å². The fourth-order valence-electron chi connectivity index (χ4n) is 2.05. The van der Waals surface area contributed by atoms with Gasteiger partial charge in [-0.2, -0.15) is 5.26 Å². The third kappa shape index (κ3) is 3.83. The Hall–Kier alpha value is -2.80. The molecule has 2 aromatic carbocycles. The van der Waals surface area contributed by atoms with E-state index in [2.05, 4.69) is 11.4 Å². The Morgan fingerprint density at radius 1 is 1.29 bits per heavy atom. The second-order valence-electron chi connectivity index (χ2n) is 4.89. The lowest BCUT2D eigenvalue weighted by atomic mass is 10.1. The molecule has 0 fully saturated rings. The Labute approximate surface area is 124 Å². The standard InChI is InChI=1S/C17H17N3O/c1-12-6-7-13(11-18)10-16(12)20-17(21)9-8-14-4-2-3-5-15(14)19/h2-7,10H,8-9,19H2,1H3,(H,20,21). The van der Waals surface area contributed by atoms with Crippen molar-refractivity contribution in [2.45, 2.75) is 19.8 Å². The average molecular weight is 279 g/mol. The van der Waals surface area contributed by atoms with Gasteiger partial charge in [0.25, 0.3) is 0 Å². The summed E-state index contributed by atoms with van der Waals surface area (Å²) in [5.41, 5.74) is 9.67. The van der Waals surface area contributed by atoms with E-state index < -0.39 is 0 Å². The van der Waals surface area contributed by atoms with Crippen LogP contribution in [0.1, 0.15) is 23.1 Å². The van der Waals surface area contributed by atoms with Gasteiger partial charge in [-0.05, 0) is 42.7 Å². The van der Waals surface area contributed by atoms with Crippen LogP contribution >= 0.6 is 0 Å². The first-order valence-electron chi connectivity index (χ1n) is 6.74. The van der Waals surface area contributed by atoms with Crippen molar-refractivity contribution in [3.63, 3.8) is 0 Å². The maximum Gasteiger partial charge on any atom is 0.224 e. The molecule has 0 saturated carbocycles. The summed E-state index contributed by atoms with van der Waals surface area (Å²) >= 11 is 0. The molecule has 3 N–H and O–H groups in total. The summed E-state index contributed by atoms with van der Waals surface area (Å²) in [5.74, 6) is -0.0866. The highest BCUT2D eigenvalue weighted by Crippen LogP contribution is 2.18. The highest BCUT2D eigenvalue weighted by molar-refractivity contribution is 5.91. The number of carbonyl (C=O) groups excluding carboxylic acids is 1. The number of nitrogens with one attached hydrogen (secondary N) is 1. The predicted molar refractivity (Wildman–Crippen MR) is 83.7 cm³/mol. The summed E-state index contributed by atoms with van der Waals surface area (Å²) in [6.45, 7) is 1.89. The fraction of sp³-hybridized carbons (Fsp3) is 0.176. The van der Waals surface area contributed by atoms with Crippen LogP contribution in [0.4, 0.5) is 11.4 Å². The Kier molecular flexibility index (Phi) is 4.57. The molecule has 0 heterocycles. The summed E-state index contributed by atoms with van der Waals surface area (Å²) in [4.78, 5) is 12.0. The number of nitrogens with zero attached hydrogens (tertiary/aromatic N) is 1. The van der Waals surface area contributed by atoms with E-state index in [1.807, 2.05) is 37.3 Å². The van der Waals surface area contributed by atoms with Gasteiger partial charge in [0.05, 0.1) is 11.6 Å². The second-order valence-corrected chi connectivity index (χ2v) is 4.89. The van der Waals surface area contributed by atoms with Crippen molar-refractivity contribution in [3.8, 4) is 6.07 Å². The lowest BCUT2D eigenvalue weighted by Crippen LogP contribution is -2.13. The van der Waals surface area contributed by atoms with E-state index in [1.54, 1.807) is 12.1 Å². The van der Waals surface area contributed by atoms with E-state index >= 15 is 0 Å². The third-order valence-electron chi connectivity index (χ3n) is 3.32. The summed E-state index contributed by atoms with van der Waals surface area (Å²) in [7, 11) is 0. The normalized spacial score (nSPS) is 9.90. The van der Waals surface area contributed by atoms with Crippen LogP contribution < -0.4 is 11.1 Å². The minimum Gasteiger partial charge on any atom is -0.399 e. The largest absolute Gasteiger partial charge is 0.399 e. The van der Waals surface area contributed by atoms with Gasteiger partial charge in [-0.1, -0.05) is 24.3 Å². The fourth-order valence-corrected chi connectivity index (χ4v) is 2.05. The van der Waals surface area contributed by atoms with E-state index in [0.29, 0.717) is 29.8 Å². The molecule has 0 aliphatic carbocycles. The van der Waals surface area contributed by atoms with E-state index in [-0.39, 0.29) is 5.91 Å². The summed E-state index contributed by atoms with van der Waals surface area (Å²) in [5, 5.41) is 11.7. The van der Waals surface area contributed by atoms with Crippen molar-refractivity contribution < 1.29 is 4.79 Å². The maximum atomic E-state index is 12.0. The zero-order valence-electron chi connectivity index (χ0n) is 11.9. The predicted octanol–water partition coefficient (Wildman–Crippen LogP) is 3.02. The van der Waals surface area contributed by atoms with Gasteiger partial charge < -0.3 is 11.1 Å². The smallest absolute Gasteiger partial charge is 0.224 e. The third-order valence-corrected chi connectivity index (χ3v) is 3.32. The first-order valence-corrected chi connectivity index (χ1v) is 6.74. The van der Waals surface area contributed by atoms with Crippen molar-refractivity contribution in [2.75, 3.05) is 11.1 Å². The van der Waals surface area contributed by atoms with Crippen LogP contribution in [-0.4, -0.2) is 5.91 Å². The number of hydrogen-bond donors (Lipinski definition) is 2. The molecule has 0 aromatic heterocycles. The number of anilines is 2. The van der Waals surface area contributed by atoms with Crippen LogP contribution in [0.3, 0.4) is 0 Å². The molecule has 0 unspecified atom stereocenters. The van der Waals surface area contributed by atoms with Crippen molar-refractivity contribution >= 4 is 17.3 Å². The Morgan fingerprint density at radius 3 is 2.76 bits per heavy atom. The number of rotatable bonds is 4. The number of carbonyl (C=O) groups is 1. The highest BCUT2D eigenvalue weighted by Gasteiger charge is 2.07. The molecule has 0 bridgehead atoms. The molecule has 0 atom stereocenters. The molecule has 0 radical (unpaired) electrons. The molecule has 0 aliphatic heterocycles. The van der Waals surface area contributed by atoms with Crippen LogP contribution in [0, 0.1) is 18.3 Å². The van der Waals surface area contributed by atoms with Crippen molar-refractivity contribution in [3.05, 3.63) is 59.2 Å². The zero-order chi connectivity index (χ0) is 15.2. The van der Waals surface area contributed by atoms with E-state index in [9.17, 15) is 4.79 Å². The molecule has 21 heavy (non-hydrogen) atoms. The van der Waals surface area contributed by atoms with Crippen molar-refractivity contribution in [1.29, 1.82) is 5.26 Å². The van der Waals surface area contributed by atoms with Gasteiger partial charge >= 0.3 is 0 Å². The number of nitriles is 1. The van der Waals surface area contributed by atoms with Gasteiger partial charge in [0.15, 0.2) is 0 Å². The molecule has 4 heteroatoms. The van der Waals surface area contributed by atoms with Crippen molar-refractivity contribution in [2.24, 2.45) is 0 Å². The molecule has 2 rings (SSSR count). The lowest BCUT2D eigenvalue weighted by Gasteiger charge is -2.09. The Balaban J connectivity index is 2.00. The number of aryl methyl sites for hydroxylation is 2. The summed E-state index contributed by atoms with van der Waals surface area (Å²) in [6.07, 6.45) is 0.944. The van der Waals surface area contributed by atoms with Crippen LogP contribution in [0.25, 0.3) is 0 Å². The molecule has 4 nitrogen and oxygen atoms in total. The Bertz CT molecular complexity index is 701. The first kappa shape index (κ1) is 14.6. The summed E-state index contributed by atoms with van der Waals surface area (Å²) < 4.78 is 0. The molecular weight excluding hydrogens is 262 g/mol. The molecule has 1 amide bonds. The van der Waals surface area contributed by atoms with Crippen LogP contribution in [0.2, 0.25) is 0 Å². The Morgan fingerprint density at radius 2 is 2.05 bits per heavy atom. The highest BCUT2D eigenvalue weighted by atomic mass is 16.1. The molecular formula is C17H17N3O. The van der Waals surface area contributed by atoms with E-state index in [1.165, 1.54) is 0 Å². The van der Waals surface area contributed by atoms with Gasteiger partial charge in [0, 0.05) is 17.8 Å². The molecule has 106 valence electrons. The lowest BCUT2D eigenvalue weighted by molar-refractivity contribution is -0.116. The number of benzene rings is 2. The molecule has 0 saturated heterocycles. The summed E-state index contributed by atoms with van der Waals surface area (Å²) in [6, 6.07) is 14.8. The number of para-hydroxylation sites is 1. The number of nitrogens with two attached hydrogens (primary N) is 1. The zero-order valence-corrected chi connectivity index (χ0v) is 11.9. The minimum atomic E-state index is -0.0866. The number of hydrogen-bond acceptors (Lipinski definition) is 3. The molecule has 2 aromatic rings. The second kappa shape index (κ2) is 6.58. The van der Waals surface area contributed by atoms with Gasteiger partial charge in [0.1, 0.15) is 0 Å². The monoisotopic (exact) mass is 279 g/mol. The quantitative estimate of drug-likeness (QED) is 0.844. The van der Waals surface area contributed by atoms with Gasteiger partial charge in [-0.25, -0.2) is 0 Å². The SMILES string of the molecule is Cc1ccc(C#N)cc1NC(=O)CCc1ccccc1N. The molecule has 0 aliphatic rings.